The summed E-state index contributed by atoms with van der Waals surface area (Å²) in [5.41, 5.74) is 0.366. The van der Waals surface area contributed by atoms with E-state index >= 15 is 0 Å². The van der Waals surface area contributed by atoms with Crippen LogP contribution >= 0.6 is 11.6 Å². The highest BCUT2D eigenvalue weighted by Gasteiger charge is 2.36. The predicted octanol–water partition coefficient (Wildman–Crippen LogP) is 3.66. The fraction of sp³-hybridized carbons (Fsp3) is 0.409. The lowest BCUT2D eigenvalue weighted by Gasteiger charge is -2.40. The maximum atomic E-state index is 13.2. The van der Waals surface area contributed by atoms with Crippen molar-refractivity contribution in [2.75, 3.05) is 33.4 Å². The van der Waals surface area contributed by atoms with Gasteiger partial charge in [-0.1, -0.05) is 29.8 Å². The van der Waals surface area contributed by atoms with Crippen molar-refractivity contribution >= 4 is 17.5 Å². The van der Waals surface area contributed by atoms with Crippen LogP contribution in [0.3, 0.4) is 0 Å². The first kappa shape index (κ1) is 21.6. The van der Waals surface area contributed by atoms with Gasteiger partial charge in [0, 0.05) is 31.8 Å². The Kier molecular flexibility index (Phi) is 7.47. The van der Waals surface area contributed by atoms with Gasteiger partial charge < -0.3 is 14.8 Å². The van der Waals surface area contributed by atoms with E-state index in [1.807, 2.05) is 12.1 Å². The van der Waals surface area contributed by atoms with Gasteiger partial charge in [-0.2, -0.15) is 0 Å². The molecule has 1 aliphatic heterocycles. The second-order valence-electron chi connectivity index (χ2n) is 7.32. The molecule has 1 fully saturated rings. The molecule has 0 radical (unpaired) electrons. The maximum absolute atomic E-state index is 13.2. The lowest BCUT2D eigenvalue weighted by atomic mass is 9.92. The molecule has 1 heterocycles. The van der Waals surface area contributed by atoms with Gasteiger partial charge in [-0.3, -0.25) is 9.69 Å². The molecule has 156 valence electrons. The van der Waals surface area contributed by atoms with Crippen LogP contribution in [0.1, 0.15) is 18.4 Å². The summed E-state index contributed by atoms with van der Waals surface area (Å²) in [6.07, 6.45) is 1.53. The standard InChI is InChI=1S/C22H26ClFN2O3/c1-28-22(16-29-20-7-3-5-18(23)13-20)8-10-26(11-9-22)15-21(27)25-14-17-4-2-6-19(24)12-17/h2-7,12-13H,8-11,14-16H2,1H3,(H,25,27). The number of halogens is 2. The average molecular weight is 421 g/mol. The molecule has 1 amide bonds. The van der Waals surface area contributed by atoms with Crippen LogP contribution in [-0.4, -0.2) is 49.8 Å². The van der Waals surface area contributed by atoms with Crippen molar-refractivity contribution in [3.8, 4) is 5.75 Å². The number of hydrogen-bond acceptors (Lipinski definition) is 4. The lowest BCUT2D eigenvalue weighted by molar-refractivity contribution is -0.125. The molecular formula is C22H26ClFN2O3. The lowest BCUT2D eigenvalue weighted by Crippen LogP contribution is -2.51. The summed E-state index contributed by atoms with van der Waals surface area (Å²) in [5, 5.41) is 3.48. The highest BCUT2D eigenvalue weighted by atomic mass is 35.5. The largest absolute Gasteiger partial charge is 0.491 e. The van der Waals surface area contributed by atoms with E-state index in [2.05, 4.69) is 10.2 Å². The number of piperidine rings is 1. The number of likely N-dealkylation sites (tertiary alicyclic amines) is 1. The van der Waals surface area contributed by atoms with Crippen LogP contribution in [0, 0.1) is 5.82 Å². The summed E-state index contributed by atoms with van der Waals surface area (Å²) in [4.78, 5) is 14.3. The Morgan fingerprint density at radius 1 is 1.21 bits per heavy atom. The van der Waals surface area contributed by atoms with Crippen molar-refractivity contribution in [3.63, 3.8) is 0 Å². The van der Waals surface area contributed by atoms with Gasteiger partial charge in [0.2, 0.25) is 5.91 Å². The minimum absolute atomic E-state index is 0.0747. The Morgan fingerprint density at radius 2 is 1.97 bits per heavy atom. The third-order valence-corrected chi connectivity index (χ3v) is 5.48. The van der Waals surface area contributed by atoms with E-state index < -0.39 is 0 Å². The molecule has 2 aromatic rings. The van der Waals surface area contributed by atoms with Gasteiger partial charge in [-0.15, -0.1) is 0 Å². The van der Waals surface area contributed by atoms with Crippen LogP contribution in [0.2, 0.25) is 5.02 Å². The predicted molar refractivity (Wildman–Crippen MR) is 111 cm³/mol. The molecule has 1 aliphatic rings. The van der Waals surface area contributed by atoms with Crippen LogP contribution in [0.4, 0.5) is 4.39 Å². The van der Waals surface area contributed by atoms with Crippen LogP contribution < -0.4 is 10.1 Å². The average Bonchev–Trinajstić information content (AvgIpc) is 2.72. The number of amides is 1. The molecule has 29 heavy (non-hydrogen) atoms. The van der Waals surface area contributed by atoms with Crippen LogP contribution in [0.15, 0.2) is 48.5 Å². The van der Waals surface area contributed by atoms with E-state index in [-0.39, 0.29) is 17.3 Å². The molecule has 2 aromatic carbocycles. The molecule has 7 heteroatoms. The molecule has 0 unspecified atom stereocenters. The van der Waals surface area contributed by atoms with Gasteiger partial charge >= 0.3 is 0 Å². The van der Waals surface area contributed by atoms with Gasteiger partial charge in [0.15, 0.2) is 0 Å². The highest BCUT2D eigenvalue weighted by Crippen LogP contribution is 2.27. The summed E-state index contributed by atoms with van der Waals surface area (Å²) in [5.74, 6) is 0.339. The first-order valence-electron chi connectivity index (χ1n) is 9.65. The molecular weight excluding hydrogens is 395 g/mol. The number of nitrogens with one attached hydrogen (secondary N) is 1. The van der Waals surface area contributed by atoms with Crippen molar-refractivity contribution in [1.82, 2.24) is 10.2 Å². The monoisotopic (exact) mass is 420 g/mol. The molecule has 0 aliphatic carbocycles. The van der Waals surface area contributed by atoms with E-state index in [9.17, 15) is 9.18 Å². The highest BCUT2D eigenvalue weighted by molar-refractivity contribution is 6.30. The third-order valence-electron chi connectivity index (χ3n) is 5.24. The van der Waals surface area contributed by atoms with Crippen molar-refractivity contribution in [2.24, 2.45) is 0 Å². The Hall–Kier alpha value is -2.15. The molecule has 1 saturated heterocycles. The fourth-order valence-electron chi connectivity index (χ4n) is 3.40. The normalized spacial score (nSPS) is 16.4. The molecule has 0 spiro atoms. The number of carbonyl (C=O) groups excluding carboxylic acids is 1. The third kappa shape index (κ3) is 6.42. The number of nitrogens with zero attached hydrogens (tertiary/aromatic N) is 1. The minimum Gasteiger partial charge on any atom is -0.491 e. The Labute approximate surface area is 175 Å². The molecule has 0 aromatic heterocycles. The van der Waals surface area contributed by atoms with Gasteiger partial charge in [-0.05, 0) is 48.7 Å². The molecule has 0 bridgehead atoms. The quantitative estimate of drug-likeness (QED) is 0.708. The summed E-state index contributed by atoms with van der Waals surface area (Å²) in [6.45, 7) is 2.54. The van der Waals surface area contributed by atoms with E-state index in [1.54, 1.807) is 31.4 Å². The van der Waals surface area contributed by atoms with Crippen molar-refractivity contribution in [3.05, 3.63) is 64.9 Å². The van der Waals surface area contributed by atoms with Crippen molar-refractivity contribution in [1.29, 1.82) is 0 Å². The Bertz CT molecular complexity index is 825. The first-order valence-corrected chi connectivity index (χ1v) is 10.0. The van der Waals surface area contributed by atoms with E-state index in [4.69, 9.17) is 21.1 Å². The number of carbonyl (C=O) groups is 1. The molecule has 0 atom stereocenters. The van der Waals surface area contributed by atoms with E-state index in [1.165, 1.54) is 12.1 Å². The Morgan fingerprint density at radius 3 is 2.66 bits per heavy atom. The summed E-state index contributed by atoms with van der Waals surface area (Å²) < 4.78 is 24.9. The van der Waals surface area contributed by atoms with Crippen molar-refractivity contribution in [2.45, 2.75) is 25.0 Å². The molecule has 0 saturated carbocycles. The van der Waals surface area contributed by atoms with Gasteiger partial charge in [-0.25, -0.2) is 4.39 Å². The van der Waals surface area contributed by atoms with Crippen molar-refractivity contribution < 1.29 is 18.7 Å². The molecule has 3 rings (SSSR count). The van der Waals surface area contributed by atoms with Crippen LogP contribution in [0.5, 0.6) is 5.75 Å². The summed E-state index contributed by atoms with van der Waals surface area (Å²) >= 11 is 6.00. The van der Waals surface area contributed by atoms with E-state index in [0.29, 0.717) is 30.5 Å². The number of rotatable bonds is 8. The zero-order chi connectivity index (χ0) is 20.7. The summed E-state index contributed by atoms with van der Waals surface area (Å²) in [6, 6.07) is 13.5. The molecule has 1 N–H and O–H groups in total. The number of hydrogen-bond donors (Lipinski definition) is 1. The topological polar surface area (TPSA) is 50.8 Å². The number of ether oxygens (including phenoxy) is 2. The fourth-order valence-corrected chi connectivity index (χ4v) is 3.58. The molecule has 5 nitrogen and oxygen atoms in total. The number of methoxy groups -OCH3 is 1. The SMILES string of the molecule is COC1(COc2cccc(Cl)c2)CCN(CC(=O)NCc2cccc(F)c2)CC1. The smallest absolute Gasteiger partial charge is 0.234 e. The zero-order valence-corrected chi connectivity index (χ0v) is 17.3. The second-order valence-corrected chi connectivity index (χ2v) is 7.75. The van der Waals surface area contributed by atoms with Crippen LogP contribution in [0.25, 0.3) is 0 Å². The second kappa shape index (κ2) is 10.1. The Balaban J connectivity index is 1.43. The minimum atomic E-state index is -0.378. The maximum Gasteiger partial charge on any atom is 0.234 e. The summed E-state index contributed by atoms with van der Waals surface area (Å²) in [7, 11) is 1.70. The van der Waals surface area contributed by atoms with Gasteiger partial charge in [0.1, 0.15) is 23.8 Å². The zero-order valence-electron chi connectivity index (χ0n) is 16.5. The first-order chi connectivity index (χ1) is 14.0. The van der Waals surface area contributed by atoms with Crippen LogP contribution in [-0.2, 0) is 16.1 Å². The number of benzene rings is 2. The van der Waals surface area contributed by atoms with Gasteiger partial charge in [0.05, 0.1) is 6.54 Å². The van der Waals surface area contributed by atoms with Gasteiger partial charge in [0.25, 0.3) is 0 Å². The van der Waals surface area contributed by atoms with E-state index in [0.717, 1.165) is 31.5 Å².